The van der Waals surface area contributed by atoms with Crippen molar-refractivity contribution in [1.29, 1.82) is 0 Å². The standard InChI is InChI=1S/C8H15NO5S/c1-15(13,14)6-7(10)9-5-3-2-4-8(11)12/h2-6H2,1H3,(H,9,10)(H,11,12). The van der Waals surface area contributed by atoms with E-state index in [1.54, 1.807) is 0 Å². The summed E-state index contributed by atoms with van der Waals surface area (Å²) in [5.74, 6) is -1.95. The first-order valence-electron chi connectivity index (χ1n) is 4.47. The molecule has 0 aromatic heterocycles. The number of hydrogen-bond donors (Lipinski definition) is 2. The molecule has 0 unspecified atom stereocenters. The van der Waals surface area contributed by atoms with E-state index in [9.17, 15) is 18.0 Å². The predicted molar refractivity (Wildman–Crippen MR) is 54.2 cm³/mol. The van der Waals surface area contributed by atoms with E-state index in [1.165, 1.54) is 0 Å². The highest BCUT2D eigenvalue weighted by atomic mass is 32.2. The zero-order valence-corrected chi connectivity index (χ0v) is 9.34. The molecule has 0 fully saturated rings. The summed E-state index contributed by atoms with van der Waals surface area (Å²) in [5, 5.41) is 10.7. The van der Waals surface area contributed by atoms with E-state index in [-0.39, 0.29) is 6.42 Å². The van der Waals surface area contributed by atoms with Crippen LogP contribution >= 0.6 is 0 Å². The highest BCUT2D eigenvalue weighted by Gasteiger charge is 2.09. The van der Waals surface area contributed by atoms with Crippen molar-refractivity contribution >= 4 is 21.7 Å². The molecule has 0 aromatic rings. The van der Waals surface area contributed by atoms with Crippen molar-refractivity contribution in [2.24, 2.45) is 0 Å². The maximum Gasteiger partial charge on any atom is 0.303 e. The molecule has 7 heteroatoms. The van der Waals surface area contributed by atoms with E-state index >= 15 is 0 Å². The van der Waals surface area contributed by atoms with Gasteiger partial charge in [0.2, 0.25) is 5.91 Å². The molecule has 0 aliphatic carbocycles. The largest absolute Gasteiger partial charge is 0.481 e. The Hall–Kier alpha value is -1.11. The number of carboxylic acid groups (broad SMARTS) is 1. The van der Waals surface area contributed by atoms with E-state index in [2.05, 4.69) is 5.32 Å². The lowest BCUT2D eigenvalue weighted by Crippen LogP contribution is -2.30. The van der Waals surface area contributed by atoms with E-state index in [0.29, 0.717) is 19.4 Å². The molecule has 0 aliphatic rings. The third-order valence-electron chi connectivity index (χ3n) is 1.53. The van der Waals surface area contributed by atoms with Gasteiger partial charge in [-0.05, 0) is 12.8 Å². The molecule has 0 radical (unpaired) electrons. The van der Waals surface area contributed by atoms with Crippen LogP contribution in [0.3, 0.4) is 0 Å². The lowest BCUT2D eigenvalue weighted by atomic mass is 10.2. The van der Waals surface area contributed by atoms with Gasteiger partial charge in [0.1, 0.15) is 5.75 Å². The first-order chi connectivity index (χ1) is 6.81. The Labute approximate surface area is 88.6 Å². The number of sulfone groups is 1. The van der Waals surface area contributed by atoms with Gasteiger partial charge in [0.15, 0.2) is 9.84 Å². The highest BCUT2D eigenvalue weighted by molar-refractivity contribution is 7.91. The van der Waals surface area contributed by atoms with Gasteiger partial charge in [0.05, 0.1) is 0 Å². The van der Waals surface area contributed by atoms with Crippen LogP contribution in [0.4, 0.5) is 0 Å². The number of nitrogens with one attached hydrogen (secondary N) is 1. The molecule has 6 nitrogen and oxygen atoms in total. The van der Waals surface area contributed by atoms with Gasteiger partial charge in [-0.25, -0.2) is 8.42 Å². The number of carbonyl (C=O) groups is 2. The Kier molecular flexibility index (Phi) is 5.92. The maximum atomic E-state index is 10.9. The molecule has 0 aromatic carbocycles. The monoisotopic (exact) mass is 237 g/mol. The van der Waals surface area contributed by atoms with Crippen LogP contribution in [0.25, 0.3) is 0 Å². The smallest absolute Gasteiger partial charge is 0.303 e. The van der Waals surface area contributed by atoms with Crippen molar-refractivity contribution in [2.75, 3.05) is 18.6 Å². The number of hydrogen-bond acceptors (Lipinski definition) is 4. The zero-order valence-electron chi connectivity index (χ0n) is 8.52. The molecule has 0 spiro atoms. The molecule has 1 amide bonds. The summed E-state index contributed by atoms with van der Waals surface area (Å²) in [7, 11) is -3.29. The van der Waals surface area contributed by atoms with Crippen LogP contribution in [-0.4, -0.2) is 44.0 Å². The summed E-state index contributed by atoms with van der Waals surface area (Å²) < 4.78 is 21.4. The molecule has 0 aliphatic heterocycles. The molecule has 88 valence electrons. The van der Waals surface area contributed by atoms with Crippen LogP contribution in [-0.2, 0) is 19.4 Å². The van der Waals surface area contributed by atoms with Crippen molar-refractivity contribution in [3.63, 3.8) is 0 Å². The number of amides is 1. The van der Waals surface area contributed by atoms with Crippen molar-refractivity contribution in [2.45, 2.75) is 19.3 Å². The second-order valence-electron chi connectivity index (χ2n) is 3.27. The van der Waals surface area contributed by atoms with Gasteiger partial charge in [-0.1, -0.05) is 0 Å². The molecule has 0 rings (SSSR count). The van der Waals surface area contributed by atoms with E-state index in [4.69, 9.17) is 5.11 Å². The average Bonchev–Trinajstić information content (AvgIpc) is 1.99. The maximum absolute atomic E-state index is 10.9. The molecule has 2 N–H and O–H groups in total. The topological polar surface area (TPSA) is 101 Å². The molecule has 0 atom stereocenters. The zero-order chi connectivity index (χ0) is 11.9. The second kappa shape index (κ2) is 6.39. The highest BCUT2D eigenvalue weighted by Crippen LogP contribution is 1.93. The Morgan fingerprint density at radius 1 is 1.27 bits per heavy atom. The number of rotatable bonds is 7. The summed E-state index contributed by atoms with van der Waals surface area (Å²) in [6.07, 6.45) is 2.04. The quantitative estimate of drug-likeness (QED) is 0.576. The fourth-order valence-corrected chi connectivity index (χ4v) is 1.50. The minimum atomic E-state index is -3.29. The molecular formula is C8H15NO5S. The lowest BCUT2D eigenvalue weighted by molar-refractivity contribution is -0.137. The number of aliphatic carboxylic acids is 1. The average molecular weight is 237 g/mol. The Balaban J connectivity index is 3.52. The third kappa shape index (κ3) is 10.8. The van der Waals surface area contributed by atoms with Gasteiger partial charge in [0.25, 0.3) is 0 Å². The van der Waals surface area contributed by atoms with Crippen LogP contribution < -0.4 is 5.32 Å². The van der Waals surface area contributed by atoms with Crippen LogP contribution in [0.1, 0.15) is 19.3 Å². The lowest BCUT2D eigenvalue weighted by Gasteiger charge is -2.02. The summed E-state index contributed by atoms with van der Waals surface area (Å²) in [4.78, 5) is 21.1. The number of unbranched alkanes of at least 4 members (excludes halogenated alkanes) is 1. The van der Waals surface area contributed by atoms with Crippen molar-refractivity contribution < 1.29 is 23.1 Å². The molecule has 0 bridgehead atoms. The number of carboxylic acids is 1. The fraction of sp³-hybridized carbons (Fsp3) is 0.750. The van der Waals surface area contributed by atoms with Crippen LogP contribution in [0.15, 0.2) is 0 Å². The Morgan fingerprint density at radius 2 is 1.87 bits per heavy atom. The molecular weight excluding hydrogens is 222 g/mol. The van der Waals surface area contributed by atoms with E-state index in [1.807, 2.05) is 0 Å². The van der Waals surface area contributed by atoms with Crippen LogP contribution in [0.2, 0.25) is 0 Å². The van der Waals surface area contributed by atoms with Crippen molar-refractivity contribution in [1.82, 2.24) is 5.32 Å². The number of carbonyl (C=O) groups excluding carboxylic acids is 1. The van der Waals surface area contributed by atoms with Crippen LogP contribution in [0, 0.1) is 0 Å². The summed E-state index contributed by atoms with van der Waals surface area (Å²) in [5.41, 5.74) is 0. The summed E-state index contributed by atoms with van der Waals surface area (Å²) in [6, 6.07) is 0. The third-order valence-corrected chi connectivity index (χ3v) is 2.32. The van der Waals surface area contributed by atoms with E-state index in [0.717, 1.165) is 6.26 Å². The first kappa shape index (κ1) is 13.9. The van der Waals surface area contributed by atoms with E-state index < -0.39 is 27.5 Å². The van der Waals surface area contributed by atoms with Gasteiger partial charge in [0, 0.05) is 19.2 Å². The normalized spacial score (nSPS) is 11.0. The Bertz CT molecular complexity index is 322. The Morgan fingerprint density at radius 3 is 2.33 bits per heavy atom. The van der Waals surface area contributed by atoms with Gasteiger partial charge in [-0.2, -0.15) is 0 Å². The first-order valence-corrected chi connectivity index (χ1v) is 6.53. The van der Waals surface area contributed by atoms with Crippen molar-refractivity contribution in [3.05, 3.63) is 0 Å². The van der Waals surface area contributed by atoms with Gasteiger partial charge >= 0.3 is 5.97 Å². The summed E-state index contributed by atoms with van der Waals surface area (Å²) in [6.45, 7) is 0.307. The van der Waals surface area contributed by atoms with Gasteiger partial charge in [-0.15, -0.1) is 0 Å². The van der Waals surface area contributed by atoms with Gasteiger partial charge < -0.3 is 10.4 Å². The SMILES string of the molecule is CS(=O)(=O)CC(=O)NCCCCC(=O)O. The van der Waals surface area contributed by atoms with Crippen LogP contribution in [0.5, 0.6) is 0 Å². The molecule has 15 heavy (non-hydrogen) atoms. The molecule has 0 heterocycles. The van der Waals surface area contributed by atoms with Gasteiger partial charge in [-0.3, -0.25) is 9.59 Å². The minimum absolute atomic E-state index is 0.0575. The summed E-state index contributed by atoms with van der Waals surface area (Å²) >= 11 is 0. The minimum Gasteiger partial charge on any atom is -0.481 e. The fourth-order valence-electron chi connectivity index (χ4n) is 0.918. The molecule has 0 saturated heterocycles. The molecule has 0 saturated carbocycles. The second-order valence-corrected chi connectivity index (χ2v) is 5.41. The predicted octanol–water partition coefficient (Wildman–Crippen LogP) is -0.598. The van der Waals surface area contributed by atoms with Crippen molar-refractivity contribution in [3.8, 4) is 0 Å².